The fourth-order valence-electron chi connectivity index (χ4n) is 3.74. The monoisotopic (exact) mass is 485 g/mol. The van der Waals surface area contributed by atoms with E-state index in [1.54, 1.807) is 37.5 Å². The lowest BCUT2D eigenvalue weighted by Gasteiger charge is -2.11. The van der Waals surface area contributed by atoms with E-state index in [1.165, 1.54) is 6.08 Å². The molecule has 1 N–H and O–H groups in total. The highest BCUT2D eigenvalue weighted by atomic mass is 35.5. The van der Waals surface area contributed by atoms with Crippen molar-refractivity contribution >= 4 is 46.0 Å². The average Bonchev–Trinajstić information content (AvgIpc) is 2.90. The van der Waals surface area contributed by atoms with Crippen molar-refractivity contribution in [1.29, 1.82) is 0 Å². The van der Waals surface area contributed by atoms with Crippen LogP contribution in [0.25, 0.3) is 16.8 Å². The van der Waals surface area contributed by atoms with E-state index in [0.717, 1.165) is 33.2 Å². The van der Waals surface area contributed by atoms with E-state index in [2.05, 4.69) is 5.32 Å². The molecule has 5 nitrogen and oxygen atoms in total. The Morgan fingerprint density at radius 2 is 1.71 bits per heavy atom. The summed E-state index contributed by atoms with van der Waals surface area (Å²) in [6.45, 7) is 0.154. The summed E-state index contributed by atoms with van der Waals surface area (Å²) in [5, 5.41) is 4.77. The molecular weight excluding hydrogens is 462 g/mol. The molecule has 4 aromatic carbocycles. The van der Waals surface area contributed by atoms with Gasteiger partial charge in [-0.05, 0) is 52.2 Å². The highest BCUT2D eigenvalue weighted by Gasteiger charge is 2.14. The van der Waals surface area contributed by atoms with E-state index in [-0.39, 0.29) is 12.5 Å². The van der Waals surface area contributed by atoms with Gasteiger partial charge in [-0.1, -0.05) is 60.7 Å². The highest BCUT2D eigenvalue weighted by molar-refractivity contribution is 6.18. The zero-order valence-corrected chi connectivity index (χ0v) is 19.9. The number of anilines is 1. The third-order valence-corrected chi connectivity index (χ3v) is 5.78. The Morgan fingerprint density at radius 1 is 0.943 bits per heavy atom. The van der Waals surface area contributed by atoms with E-state index in [4.69, 9.17) is 21.1 Å². The molecule has 0 fully saturated rings. The third-order valence-electron chi connectivity index (χ3n) is 5.51. The Labute approximate surface area is 208 Å². The Morgan fingerprint density at radius 3 is 2.49 bits per heavy atom. The lowest BCUT2D eigenvalue weighted by molar-refractivity contribution is -0.111. The summed E-state index contributed by atoms with van der Waals surface area (Å²) in [6, 6.07) is 25.9. The predicted molar refractivity (Wildman–Crippen MR) is 140 cm³/mol. The maximum Gasteiger partial charge on any atom is 0.340 e. The van der Waals surface area contributed by atoms with Crippen molar-refractivity contribution in [3.8, 4) is 5.75 Å². The van der Waals surface area contributed by atoms with Crippen molar-refractivity contribution in [3.05, 3.63) is 113 Å². The number of nitrogens with one attached hydrogen (secondary N) is 1. The molecule has 0 aliphatic carbocycles. The van der Waals surface area contributed by atoms with Crippen LogP contribution < -0.4 is 10.1 Å². The van der Waals surface area contributed by atoms with E-state index in [1.807, 2.05) is 60.7 Å². The van der Waals surface area contributed by atoms with Crippen LogP contribution >= 0.6 is 11.6 Å². The van der Waals surface area contributed by atoms with Crippen molar-refractivity contribution in [3.63, 3.8) is 0 Å². The van der Waals surface area contributed by atoms with E-state index in [9.17, 15) is 9.59 Å². The van der Waals surface area contributed by atoms with Crippen molar-refractivity contribution in [2.45, 2.75) is 12.5 Å². The van der Waals surface area contributed by atoms with Gasteiger partial charge in [0.05, 0.1) is 24.2 Å². The number of amides is 1. The molecule has 35 heavy (non-hydrogen) atoms. The fraction of sp³-hybridized carbons (Fsp3) is 0.103. The molecule has 6 heteroatoms. The number of alkyl halides is 1. The number of carbonyl (C=O) groups is 2. The van der Waals surface area contributed by atoms with Crippen molar-refractivity contribution < 1.29 is 19.1 Å². The van der Waals surface area contributed by atoms with Gasteiger partial charge in [-0.25, -0.2) is 4.79 Å². The first-order valence-electron chi connectivity index (χ1n) is 11.0. The number of hydrogen-bond donors (Lipinski definition) is 1. The second-order valence-corrected chi connectivity index (χ2v) is 8.06. The lowest BCUT2D eigenvalue weighted by atomic mass is 10.0. The maximum absolute atomic E-state index is 12.6. The van der Waals surface area contributed by atoms with Gasteiger partial charge >= 0.3 is 5.97 Å². The SMILES string of the molecule is COc1ccc2cc(/C=C/C(=O)Nc3ccccc3C(=O)OCc3ccccc3)ccc2c1CCl. The Balaban J connectivity index is 1.45. The van der Waals surface area contributed by atoms with Crippen LogP contribution in [0.3, 0.4) is 0 Å². The minimum absolute atomic E-state index is 0.154. The van der Waals surface area contributed by atoms with Crippen molar-refractivity contribution in [1.82, 2.24) is 0 Å². The number of fused-ring (bicyclic) bond motifs is 1. The van der Waals surface area contributed by atoms with E-state index in [0.29, 0.717) is 17.1 Å². The Kier molecular flexibility index (Phi) is 7.81. The standard InChI is InChI=1S/C29H24ClNO4/c1-34-27-15-13-22-17-20(11-14-23(22)25(27)18-30)12-16-28(32)31-26-10-6-5-9-24(26)29(33)35-19-21-7-3-2-4-8-21/h2-17H,18-19H2,1H3,(H,31,32)/b16-12+. The summed E-state index contributed by atoms with van der Waals surface area (Å²) in [5.41, 5.74) is 3.35. The lowest BCUT2D eigenvalue weighted by Crippen LogP contribution is -2.13. The third kappa shape index (κ3) is 5.89. The topological polar surface area (TPSA) is 64.6 Å². The molecule has 1 amide bonds. The number of para-hydroxylation sites is 1. The molecular formula is C29H24ClNO4. The number of methoxy groups -OCH3 is 1. The number of halogens is 1. The maximum atomic E-state index is 12.6. The van der Waals surface area contributed by atoms with Crippen LogP contribution in [0.1, 0.15) is 27.0 Å². The van der Waals surface area contributed by atoms with Crippen molar-refractivity contribution in [2.75, 3.05) is 12.4 Å². The summed E-state index contributed by atoms with van der Waals surface area (Å²) < 4.78 is 10.8. The number of ether oxygens (including phenoxy) is 2. The van der Waals surface area contributed by atoms with Gasteiger partial charge in [0, 0.05) is 11.6 Å². The van der Waals surface area contributed by atoms with Gasteiger partial charge in [-0.2, -0.15) is 0 Å². The molecule has 0 unspecified atom stereocenters. The first kappa shape index (κ1) is 24.0. The number of esters is 1. The fourth-order valence-corrected chi connectivity index (χ4v) is 4.02. The second kappa shape index (κ2) is 11.4. The summed E-state index contributed by atoms with van der Waals surface area (Å²) >= 11 is 6.12. The molecule has 0 spiro atoms. The van der Waals surface area contributed by atoms with Crippen LogP contribution in [-0.2, 0) is 22.0 Å². The first-order chi connectivity index (χ1) is 17.1. The van der Waals surface area contributed by atoms with Gasteiger partial charge in [-0.3, -0.25) is 4.79 Å². The molecule has 4 aromatic rings. The number of benzene rings is 4. The van der Waals surface area contributed by atoms with Gasteiger partial charge in [0.25, 0.3) is 0 Å². The van der Waals surface area contributed by atoms with Crippen LogP contribution in [0.2, 0.25) is 0 Å². The minimum Gasteiger partial charge on any atom is -0.496 e. The van der Waals surface area contributed by atoms with Gasteiger partial charge in [0.1, 0.15) is 12.4 Å². The zero-order chi connectivity index (χ0) is 24.6. The summed E-state index contributed by atoms with van der Waals surface area (Å²) in [6.07, 6.45) is 3.15. The molecule has 0 atom stereocenters. The normalized spacial score (nSPS) is 10.9. The Bertz CT molecular complexity index is 1380. The van der Waals surface area contributed by atoms with E-state index < -0.39 is 5.97 Å². The number of carbonyl (C=O) groups excluding carboxylic acids is 2. The molecule has 0 bridgehead atoms. The number of hydrogen-bond acceptors (Lipinski definition) is 4. The molecule has 0 radical (unpaired) electrons. The number of rotatable bonds is 8. The van der Waals surface area contributed by atoms with E-state index >= 15 is 0 Å². The first-order valence-corrected chi connectivity index (χ1v) is 11.6. The molecule has 0 aromatic heterocycles. The highest BCUT2D eigenvalue weighted by Crippen LogP contribution is 2.30. The summed E-state index contributed by atoms with van der Waals surface area (Å²) in [7, 11) is 1.62. The zero-order valence-electron chi connectivity index (χ0n) is 19.2. The largest absolute Gasteiger partial charge is 0.496 e. The molecule has 0 heterocycles. The van der Waals surface area contributed by atoms with Gasteiger partial charge in [0.15, 0.2) is 0 Å². The molecule has 0 aliphatic heterocycles. The van der Waals surface area contributed by atoms with Gasteiger partial charge in [0.2, 0.25) is 5.91 Å². The summed E-state index contributed by atoms with van der Waals surface area (Å²) in [5.74, 6) is 0.222. The van der Waals surface area contributed by atoms with Crippen LogP contribution in [-0.4, -0.2) is 19.0 Å². The van der Waals surface area contributed by atoms with Gasteiger partial charge in [-0.15, -0.1) is 11.6 Å². The van der Waals surface area contributed by atoms with Gasteiger partial charge < -0.3 is 14.8 Å². The van der Waals surface area contributed by atoms with Crippen LogP contribution in [0.15, 0.2) is 91.0 Å². The second-order valence-electron chi connectivity index (χ2n) is 7.79. The Hall–Kier alpha value is -4.09. The smallest absolute Gasteiger partial charge is 0.340 e. The molecule has 176 valence electrons. The molecule has 0 saturated carbocycles. The predicted octanol–water partition coefficient (Wildman–Crippen LogP) is 6.60. The molecule has 0 aliphatic rings. The average molecular weight is 486 g/mol. The molecule has 0 saturated heterocycles. The summed E-state index contributed by atoms with van der Waals surface area (Å²) in [4.78, 5) is 25.2. The van der Waals surface area contributed by atoms with Crippen LogP contribution in [0.4, 0.5) is 5.69 Å². The molecule has 4 rings (SSSR count). The minimum atomic E-state index is -0.506. The quantitative estimate of drug-likeness (QED) is 0.173. The van der Waals surface area contributed by atoms with Crippen LogP contribution in [0.5, 0.6) is 5.75 Å². The van der Waals surface area contributed by atoms with Crippen molar-refractivity contribution in [2.24, 2.45) is 0 Å². The van der Waals surface area contributed by atoms with Crippen LogP contribution in [0, 0.1) is 0 Å².